The molecule has 0 aliphatic rings. The van der Waals surface area contributed by atoms with Gasteiger partial charge in [-0.15, -0.1) is 10.2 Å². The lowest BCUT2D eigenvalue weighted by Gasteiger charge is -2.14. The second kappa shape index (κ2) is 8.70. The van der Waals surface area contributed by atoms with E-state index in [1.807, 2.05) is 25.1 Å². The Labute approximate surface area is 156 Å². The fraction of sp³-hybridized carbons (Fsp3) is 0.412. The summed E-state index contributed by atoms with van der Waals surface area (Å²) in [5.74, 6) is 0.704. The van der Waals surface area contributed by atoms with Gasteiger partial charge in [0.1, 0.15) is 11.6 Å². The van der Waals surface area contributed by atoms with E-state index in [0.717, 1.165) is 5.56 Å². The largest absolute Gasteiger partial charge is 0.495 e. The van der Waals surface area contributed by atoms with Gasteiger partial charge in [0.25, 0.3) is 0 Å². The molecule has 9 heteroatoms. The van der Waals surface area contributed by atoms with Gasteiger partial charge in [-0.05, 0) is 31.5 Å². The molecule has 2 rings (SSSR count). The molecule has 0 radical (unpaired) electrons. The molecule has 1 aromatic carbocycles. The van der Waals surface area contributed by atoms with Gasteiger partial charge in [0.05, 0.1) is 18.0 Å². The average molecular weight is 377 g/mol. The monoisotopic (exact) mass is 377 g/mol. The number of hydrogen-bond acceptors (Lipinski definition) is 6. The number of primary amides is 1. The number of methoxy groups -OCH3 is 1. The zero-order valence-electron chi connectivity index (χ0n) is 15.3. The third-order valence-electron chi connectivity index (χ3n) is 3.78. The summed E-state index contributed by atoms with van der Waals surface area (Å²) in [6, 6.07) is 5.59. The minimum atomic E-state index is -0.396. The van der Waals surface area contributed by atoms with Gasteiger partial charge in [0, 0.05) is 19.9 Å². The molecule has 2 amide bonds. The normalized spacial score (nSPS) is 11.8. The number of amides is 2. The maximum atomic E-state index is 12.5. The van der Waals surface area contributed by atoms with Gasteiger partial charge in [-0.1, -0.05) is 17.8 Å². The summed E-state index contributed by atoms with van der Waals surface area (Å²) in [4.78, 5) is 23.4. The molecule has 8 nitrogen and oxygen atoms in total. The quantitative estimate of drug-likeness (QED) is 0.677. The van der Waals surface area contributed by atoms with Crippen LogP contribution >= 0.6 is 11.8 Å². The van der Waals surface area contributed by atoms with E-state index in [9.17, 15) is 9.59 Å². The first-order chi connectivity index (χ1) is 12.3. The van der Waals surface area contributed by atoms with Crippen molar-refractivity contribution in [2.24, 2.45) is 12.8 Å². The Morgan fingerprint density at radius 2 is 2.12 bits per heavy atom. The predicted octanol–water partition coefficient (Wildman–Crippen LogP) is 1.67. The van der Waals surface area contributed by atoms with Crippen molar-refractivity contribution in [2.75, 3.05) is 12.4 Å². The van der Waals surface area contributed by atoms with Crippen LogP contribution in [-0.4, -0.2) is 38.9 Å². The van der Waals surface area contributed by atoms with E-state index in [2.05, 4.69) is 15.5 Å². The molecule has 0 aliphatic heterocycles. The Morgan fingerprint density at radius 3 is 2.77 bits per heavy atom. The first kappa shape index (κ1) is 19.8. The van der Waals surface area contributed by atoms with Gasteiger partial charge in [0.2, 0.25) is 11.8 Å². The zero-order valence-corrected chi connectivity index (χ0v) is 16.1. The number of rotatable bonds is 8. The molecule has 0 spiro atoms. The summed E-state index contributed by atoms with van der Waals surface area (Å²) in [6.07, 6.45) is 0.625. The SMILES string of the molecule is COc1ccc(C)cc1NC(=O)[C@H](C)Sc1nnc(CCC(N)=O)n1C. The Morgan fingerprint density at radius 1 is 1.38 bits per heavy atom. The number of nitrogens with two attached hydrogens (primary N) is 1. The molecule has 140 valence electrons. The van der Waals surface area contributed by atoms with Crippen LogP contribution in [0.3, 0.4) is 0 Å². The smallest absolute Gasteiger partial charge is 0.237 e. The van der Waals surface area contributed by atoms with E-state index < -0.39 is 5.25 Å². The Balaban J connectivity index is 2.03. The number of nitrogens with zero attached hydrogens (tertiary/aromatic N) is 3. The molecule has 0 bridgehead atoms. The number of thioether (sulfide) groups is 1. The van der Waals surface area contributed by atoms with Crippen molar-refractivity contribution in [3.63, 3.8) is 0 Å². The summed E-state index contributed by atoms with van der Waals surface area (Å²) in [5.41, 5.74) is 6.81. The molecule has 0 saturated heterocycles. The molecule has 0 aliphatic carbocycles. The van der Waals surface area contributed by atoms with Crippen LogP contribution in [0.5, 0.6) is 5.75 Å². The molecule has 1 aromatic heterocycles. The summed E-state index contributed by atoms with van der Waals surface area (Å²) >= 11 is 1.29. The van der Waals surface area contributed by atoms with Gasteiger partial charge in [-0.25, -0.2) is 0 Å². The topological polar surface area (TPSA) is 112 Å². The Kier molecular flexibility index (Phi) is 6.62. The summed E-state index contributed by atoms with van der Waals surface area (Å²) in [5, 5.41) is 11.2. The summed E-state index contributed by atoms with van der Waals surface area (Å²) in [7, 11) is 3.36. The Hall–Kier alpha value is -2.55. The molecule has 0 fully saturated rings. The highest BCUT2D eigenvalue weighted by Crippen LogP contribution is 2.27. The van der Waals surface area contributed by atoms with Crippen LogP contribution < -0.4 is 15.8 Å². The minimum absolute atomic E-state index is 0.166. The first-order valence-electron chi connectivity index (χ1n) is 8.10. The highest BCUT2D eigenvalue weighted by Gasteiger charge is 2.20. The van der Waals surface area contributed by atoms with E-state index in [1.165, 1.54) is 11.8 Å². The van der Waals surface area contributed by atoms with Crippen molar-refractivity contribution >= 4 is 29.3 Å². The number of carbonyl (C=O) groups is 2. The standard InChI is InChI=1S/C17H23N5O3S/c1-10-5-6-13(25-4)12(9-10)19-16(24)11(2)26-17-21-20-15(22(17)3)8-7-14(18)23/h5-6,9,11H,7-8H2,1-4H3,(H2,18,23)(H,19,24)/t11-/m0/s1. The molecule has 3 N–H and O–H groups in total. The molecule has 1 heterocycles. The highest BCUT2D eigenvalue weighted by molar-refractivity contribution is 8.00. The van der Waals surface area contributed by atoms with Gasteiger partial charge in [-0.2, -0.15) is 0 Å². The van der Waals surface area contributed by atoms with Crippen LogP contribution in [0.15, 0.2) is 23.4 Å². The van der Waals surface area contributed by atoms with Gasteiger partial charge >= 0.3 is 0 Å². The lowest BCUT2D eigenvalue weighted by atomic mass is 10.2. The van der Waals surface area contributed by atoms with Gasteiger partial charge < -0.3 is 20.4 Å². The van der Waals surface area contributed by atoms with Crippen LogP contribution in [0, 0.1) is 6.92 Å². The number of benzene rings is 1. The van der Waals surface area contributed by atoms with Crippen molar-refractivity contribution in [3.05, 3.63) is 29.6 Å². The molecule has 0 saturated carbocycles. The zero-order chi connectivity index (χ0) is 19.3. The van der Waals surface area contributed by atoms with E-state index in [4.69, 9.17) is 10.5 Å². The molecule has 2 aromatic rings. The van der Waals surface area contributed by atoms with Crippen LogP contribution in [0.4, 0.5) is 5.69 Å². The van der Waals surface area contributed by atoms with Crippen molar-refractivity contribution in [1.29, 1.82) is 0 Å². The van der Waals surface area contributed by atoms with Crippen LogP contribution in [0.1, 0.15) is 24.7 Å². The van der Waals surface area contributed by atoms with E-state index in [0.29, 0.717) is 28.8 Å². The second-order valence-corrected chi connectivity index (χ2v) is 7.19. The van der Waals surface area contributed by atoms with Gasteiger partial charge in [0.15, 0.2) is 5.16 Å². The maximum absolute atomic E-state index is 12.5. The fourth-order valence-electron chi connectivity index (χ4n) is 2.27. The number of ether oxygens (including phenoxy) is 1. The fourth-order valence-corrected chi connectivity index (χ4v) is 3.10. The number of nitrogens with one attached hydrogen (secondary N) is 1. The number of anilines is 1. The molecule has 26 heavy (non-hydrogen) atoms. The number of hydrogen-bond donors (Lipinski definition) is 2. The Bertz CT molecular complexity index is 806. The van der Waals surface area contributed by atoms with E-state index in [-0.39, 0.29) is 18.2 Å². The summed E-state index contributed by atoms with van der Waals surface area (Å²) < 4.78 is 7.05. The predicted molar refractivity (Wildman–Crippen MR) is 100 cm³/mol. The second-order valence-electron chi connectivity index (χ2n) is 5.88. The van der Waals surface area contributed by atoms with Gasteiger partial charge in [-0.3, -0.25) is 9.59 Å². The molecular formula is C17H23N5O3S. The summed E-state index contributed by atoms with van der Waals surface area (Å²) in [6.45, 7) is 3.74. The molecule has 0 unspecified atom stereocenters. The van der Waals surface area contributed by atoms with Crippen molar-refractivity contribution in [1.82, 2.24) is 14.8 Å². The molecule has 1 atom stereocenters. The van der Waals surface area contributed by atoms with Crippen molar-refractivity contribution < 1.29 is 14.3 Å². The maximum Gasteiger partial charge on any atom is 0.237 e. The number of aryl methyl sites for hydroxylation is 2. The minimum Gasteiger partial charge on any atom is -0.495 e. The van der Waals surface area contributed by atoms with Crippen LogP contribution in [0.25, 0.3) is 0 Å². The highest BCUT2D eigenvalue weighted by atomic mass is 32.2. The van der Waals surface area contributed by atoms with Crippen LogP contribution in [-0.2, 0) is 23.1 Å². The third kappa shape index (κ3) is 4.98. The number of carbonyl (C=O) groups excluding carboxylic acids is 2. The van der Waals surface area contributed by atoms with Crippen molar-refractivity contribution in [2.45, 2.75) is 37.1 Å². The average Bonchev–Trinajstić information content (AvgIpc) is 2.93. The van der Waals surface area contributed by atoms with E-state index in [1.54, 1.807) is 25.6 Å². The van der Waals surface area contributed by atoms with Crippen molar-refractivity contribution in [3.8, 4) is 5.75 Å². The lowest BCUT2D eigenvalue weighted by molar-refractivity contribution is -0.118. The third-order valence-corrected chi connectivity index (χ3v) is 4.92. The van der Waals surface area contributed by atoms with Crippen LogP contribution in [0.2, 0.25) is 0 Å². The van der Waals surface area contributed by atoms with E-state index >= 15 is 0 Å². The number of aromatic nitrogens is 3. The molecular weight excluding hydrogens is 354 g/mol. The lowest BCUT2D eigenvalue weighted by Crippen LogP contribution is -2.23. The first-order valence-corrected chi connectivity index (χ1v) is 8.98.